The van der Waals surface area contributed by atoms with Crippen molar-refractivity contribution in [1.29, 1.82) is 0 Å². The van der Waals surface area contributed by atoms with Gasteiger partial charge in [-0.05, 0) is 32.0 Å². The second-order valence-electron chi connectivity index (χ2n) is 5.51. The van der Waals surface area contributed by atoms with Gasteiger partial charge in [0.05, 0.1) is 0 Å². The lowest BCUT2D eigenvalue weighted by Crippen LogP contribution is -2.60. The van der Waals surface area contributed by atoms with Crippen molar-refractivity contribution in [2.24, 2.45) is 0 Å². The molecule has 1 aliphatic rings. The van der Waals surface area contributed by atoms with E-state index in [4.69, 9.17) is 4.74 Å². The highest BCUT2D eigenvalue weighted by Crippen LogP contribution is 2.16. The maximum atomic E-state index is 11.9. The number of likely N-dealkylation sites (tertiary alicyclic amines) is 1. The molecule has 0 unspecified atom stereocenters. The van der Waals surface area contributed by atoms with Crippen LogP contribution in [0.2, 0.25) is 0 Å². The highest BCUT2D eigenvalue weighted by Gasteiger charge is 2.33. The molecule has 0 aromatic heterocycles. The fourth-order valence-electron chi connectivity index (χ4n) is 2.36. The highest BCUT2D eigenvalue weighted by atomic mass is 16.6. The Morgan fingerprint density at radius 3 is 2.81 bits per heavy atom. The number of carbonyl (C=O) groups excluding carboxylic acids is 1. The second-order valence-corrected chi connectivity index (χ2v) is 5.51. The van der Waals surface area contributed by atoms with Gasteiger partial charge < -0.3 is 9.64 Å². The highest BCUT2D eigenvalue weighted by molar-refractivity contribution is 5.68. The van der Waals surface area contributed by atoms with Crippen molar-refractivity contribution < 1.29 is 9.53 Å². The molecule has 1 saturated heterocycles. The Morgan fingerprint density at radius 2 is 2.14 bits per heavy atom. The number of likely N-dealkylation sites (N-methyl/N-ethyl adjacent to an activating group) is 1. The zero-order chi connectivity index (χ0) is 15.1. The summed E-state index contributed by atoms with van der Waals surface area (Å²) >= 11 is 0. The number of unbranched alkanes of at least 4 members (excludes halogenated alkanes) is 1. The lowest BCUT2D eigenvalue weighted by molar-refractivity contribution is 0.0275. The summed E-state index contributed by atoms with van der Waals surface area (Å²) in [6.45, 7) is 6.64. The van der Waals surface area contributed by atoms with Gasteiger partial charge in [0.1, 0.15) is 6.61 Å². The fourth-order valence-corrected chi connectivity index (χ4v) is 2.36. The van der Waals surface area contributed by atoms with Crippen molar-refractivity contribution >= 4 is 6.09 Å². The number of carbonyl (C=O) groups is 1. The number of rotatable bonds is 7. The van der Waals surface area contributed by atoms with Crippen molar-refractivity contribution in [1.82, 2.24) is 9.80 Å². The number of hydrogen-bond acceptors (Lipinski definition) is 3. The third-order valence-corrected chi connectivity index (χ3v) is 3.87. The van der Waals surface area contributed by atoms with Crippen molar-refractivity contribution in [2.75, 3.05) is 26.7 Å². The molecular weight excluding hydrogens is 264 g/mol. The van der Waals surface area contributed by atoms with Crippen LogP contribution in [0.1, 0.15) is 18.4 Å². The molecule has 4 nitrogen and oxygen atoms in total. The van der Waals surface area contributed by atoms with Crippen LogP contribution in [-0.2, 0) is 11.3 Å². The van der Waals surface area contributed by atoms with Crippen LogP contribution in [0.5, 0.6) is 0 Å². The maximum absolute atomic E-state index is 11.9. The van der Waals surface area contributed by atoms with E-state index < -0.39 is 0 Å². The molecular formula is C17H24N2O2. The predicted molar refractivity (Wildman–Crippen MR) is 84.0 cm³/mol. The SMILES string of the molecule is C=CCCCN(C)C1CN(C(=O)OCc2ccccc2)C1. The zero-order valence-electron chi connectivity index (χ0n) is 12.7. The van der Waals surface area contributed by atoms with Crippen LogP contribution in [0.25, 0.3) is 0 Å². The normalized spacial score (nSPS) is 14.9. The Bertz CT molecular complexity index is 455. The van der Waals surface area contributed by atoms with E-state index in [0.29, 0.717) is 12.6 Å². The number of amides is 1. The minimum absolute atomic E-state index is 0.213. The third-order valence-electron chi connectivity index (χ3n) is 3.87. The standard InChI is InChI=1S/C17H24N2O2/c1-3-4-8-11-18(2)16-12-19(13-16)17(20)21-14-15-9-6-5-7-10-15/h3,5-7,9-10,16H,1,4,8,11-14H2,2H3. The fraction of sp³-hybridized carbons (Fsp3) is 0.471. The Hall–Kier alpha value is -1.81. The minimum atomic E-state index is -0.213. The van der Waals surface area contributed by atoms with Gasteiger partial charge in [-0.1, -0.05) is 36.4 Å². The van der Waals surface area contributed by atoms with Gasteiger partial charge in [0.15, 0.2) is 0 Å². The smallest absolute Gasteiger partial charge is 0.410 e. The first-order valence-electron chi connectivity index (χ1n) is 7.47. The van der Waals surface area contributed by atoms with Crippen molar-refractivity contribution in [3.8, 4) is 0 Å². The number of ether oxygens (including phenoxy) is 1. The van der Waals surface area contributed by atoms with Gasteiger partial charge in [0.2, 0.25) is 0 Å². The largest absolute Gasteiger partial charge is 0.445 e. The second kappa shape index (κ2) is 7.84. The molecule has 4 heteroatoms. The lowest BCUT2D eigenvalue weighted by Gasteiger charge is -2.43. The van der Waals surface area contributed by atoms with E-state index in [0.717, 1.165) is 38.0 Å². The maximum Gasteiger partial charge on any atom is 0.410 e. The molecule has 0 saturated carbocycles. The average Bonchev–Trinajstić information content (AvgIpc) is 2.45. The Balaban J connectivity index is 1.64. The monoisotopic (exact) mass is 288 g/mol. The lowest BCUT2D eigenvalue weighted by atomic mass is 10.1. The van der Waals surface area contributed by atoms with E-state index >= 15 is 0 Å². The van der Waals surface area contributed by atoms with Crippen LogP contribution in [0.4, 0.5) is 4.79 Å². The molecule has 1 aromatic rings. The molecule has 114 valence electrons. The zero-order valence-corrected chi connectivity index (χ0v) is 12.7. The quantitative estimate of drug-likeness (QED) is 0.571. The Morgan fingerprint density at radius 1 is 1.43 bits per heavy atom. The van der Waals surface area contributed by atoms with Crippen molar-refractivity contribution in [3.63, 3.8) is 0 Å². The minimum Gasteiger partial charge on any atom is -0.445 e. The van der Waals surface area contributed by atoms with E-state index in [2.05, 4.69) is 18.5 Å². The molecule has 0 aliphatic carbocycles. The number of nitrogens with zero attached hydrogens (tertiary/aromatic N) is 2. The molecule has 1 amide bonds. The van der Waals surface area contributed by atoms with Crippen LogP contribution in [-0.4, -0.2) is 48.6 Å². The first-order chi connectivity index (χ1) is 10.2. The summed E-state index contributed by atoms with van der Waals surface area (Å²) in [6, 6.07) is 10.2. The molecule has 1 heterocycles. The van der Waals surface area contributed by atoms with Crippen LogP contribution in [0, 0.1) is 0 Å². The van der Waals surface area contributed by atoms with Gasteiger partial charge in [0.25, 0.3) is 0 Å². The van der Waals surface area contributed by atoms with Gasteiger partial charge in [0, 0.05) is 19.1 Å². The average molecular weight is 288 g/mol. The van der Waals surface area contributed by atoms with E-state index in [1.165, 1.54) is 0 Å². The number of hydrogen-bond donors (Lipinski definition) is 0. The van der Waals surface area contributed by atoms with E-state index in [-0.39, 0.29) is 6.09 Å². The molecule has 0 N–H and O–H groups in total. The van der Waals surface area contributed by atoms with Crippen LogP contribution in [0.15, 0.2) is 43.0 Å². The molecule has 1 aromatic carbocycles. The molecule has 21 heavy (non-hydrogen) atoms. The molecule has 1 aliphatic heterocycles. The topological polar surface area (TPSA) is 32.8 Å². The van der Waals surface area contributed by atoms with Gasteiger partial charge in [-0.2, -0.15) is 0 Å². The summed E-state index contributed by atoms with van der Waals surface area (Å²) < 4.78 is 5.31. The van der Waals surface area contributed by atoms with Crippen LogP contribution in [0.3, 0.4) is 0 Å². The Labute approximate surface area is 127 Å². The van der Waals surface area contributed by atoms with Crippen molar-refractivity contribution in [2.45, 2.75) is 25.5 Å². The number of benzene rings is 1. The first-order valence-corrected chi connectivity index (χ1v) is 7.47. The summed E-state index contributed by atoms with van der Waals surface area (Å²) in [5, 5.41) is 0. The molecule has 0 radical (unpaired) electrons. The molecule has 2 rings (SSSR count). The summed E-state index contributed by atoms with van der Waals surface area (Å²) in [4.78, 5) is 16.0. The Kier molecular flexibility index (Phi) is 5.81. The van der Waals surface area contributed by atoms with Crippen LogP contribution < -0.4 is 0 Å². The first kappa shape index (κ1) is 15.6. The van der Waals surface area contributed by atoms with E-state index in [9.17, 15) is 4.79 Å². The molecule has 0 bridgehead atoms. The summed E-state index contributed by atoms with van der Waals surface area (Å²) in [5.41, 5.74) is 1.02. The van der Waals surface area contributed by atoms with Gasteiger partial charge >= 0.3 is 6.09 Å². The molecule has 1 fully saturated rings. The summed E-state index contributed by atoms with van der Waals surface area (Å²) in [7, 11) is 2.11. The predicted octanol–water partition coefficient (Wildman–Crippen LogP) is 2.91. The van der Waals surface area contributed by atoms with Gasteiger partial charge in [-0.25, -0.2) is 4.79 Å². The summed E-state index contributed by atoms with van der Waals surface area (Å²) in [6.07, 6.45) is 3.89. The molecule has 0 atom stereocenters. The third kappa shape index (κ3) is 4.60. The van der Waals surface area contributed by atoms with E-state index in [1.54, 1.807) is 4.90 Å². The van der Waals surface area contributed by atoms with E-state index in [1.807, 2.05) is 36.4 Å². The van der Waals surface area contributed by atoms with Crippen molar-refractivity contribution in [3.05, 3.63) is 48.6 Å². The van der Waals surface area contributed by atoms with Gasteiger partial charge in [-0.15, -0.1) is 6.58 Å². The van der Waals surface area contributed by atoms with Crippen LogP contribution >= 0.6 is 0 Å². The molecule has 0 spiro atoms. The summed E-state index contributed by atoms with van der Waals surface area (Å²) in [5.74, 6) is 0. The van der Waals surface area contributed by atoms with Gasteiger partial charge in [-0.3, -0.25) is 4.90 Å². The number of allylic oxidation sites excluding steroid dienone is 1.